The van der Waals surface area contributed by atoms with Gasteiger partial charge in [0.15, 0.2) is 0 Å². The Balaban J connectivity index is 1.45. The number of anilines is 1. The molecule has 2 aromatic heterocycles. The zero-order valence-electron chi connectivity index (χ0n) is 12.5. The predicted octanol–water partition coefficient (Wildman–Crippen LogP) is 1.93. The van der Waals surface area contributed by atoms with Gasteiger partial charge in [-0.2, -0.15) is 5.10 Å². The highest BCUT2D eigenvalue weighted by Crippen LogP contribution is 2.19. The summed E-state index contributed by atoms with van der Waals surface area (Å²) in [7, 11) is 0. The first-order valence-corrected chi connectivity index (χ1v) is 7.70. The van der Waals surface area contributed by atoms with Crippen LogP contribution in [0.15, 0.2) is 43.0 Å². The van der Waals surface area contributed by atoms with Crippen LogP contribution in [-0.2, 0) is 6.54 Å². The second kappa shape index (κ2) is 6.72. The molecule has 21 heavy (non-hydrogen) atoms. The van der Waals surface area contributed by atoms with E-state index in [-0.39, 0.29) is 0 Å². The van der Waals surface area contributed by atoms with Crippen LogP contribution in [0.5, 0.6) is 0 Å². The SMILES string of the molecule is CC(Cn1cccn1)NC1CCN(c2ccncc2)CC1. The summed E-state index contributed by atoms with van der Waals surface area (Å²) in [5.74, 6) is 0. The molecule has 5 nitrogen and oxygen atoms in total. The fourth-order valence-electron chi connectivity index (χ4n) is 3.00. The molecule has 1 unspecified atom stereocenters. The highest BCUT2D eigenvalue weighted by Gasteiger charge is 2.20. The fourth-order valence-corrected chi connectivity index (χ4v) is 3.00. The maximum atomic E-state index is 4.26. The molecule has 0 aromatic carbocycles. The van der Waals surface area contributed by atoms with Gasteiger partial charge in [-0.15, -0.1) is 0 Å². The van der Waals surface area contributed by atoms with Crippen LogP contribution < -0.4 is 10.2 Å². The number of nitrogens with one attached hydrogen (secondary N) is 1. The molecule has 0 saturated carbocycles. The molecule has 5 heteroatoms. The molecular weight excluding hydrogens is 262 g/mol. The van der Waals surface area contributed by atoms with E-state index in [1.54, 1.807) is 0 Å². The van der Waals surface area contributed by atoms with Gasteiger partial charge in [0.2, 0.25) is 0 Å². The lowest BCUT2D eigenvalue weighted by Crippen LogP contribution is -2.46. The number of nitrogens with zero attached hydrogens (tertiary/aromatic N) is 4. The van der Waals surface area contributed by atoms with Crippen LogP contribution in [0.25, 0.3) is 0 Å². The van der Waals surface area contributed by atoms with Crippen LogP contribution in [0, 0.1) is 0 Å². The lowest BCUT2D eigenvalue weighted by molar-refractivity contribution is 0.348. The Morgan fingerprint density at radius 3 is 2.67 bits per heavy atom. The minimum Gasteiger partial charge on any atom is -0.371 e. The Morgan fingerprint density at radius 2 is 2.00 bits per heavy atom. The third kappa shape index (κ3) is 3.82. The lowest BCUT2D eigenvalue weighted by atomic mass is 10.0. The summed E-state index contributed by atoms with van der Waals surface area (Å²) >= 11 is 0. The van der Waals surface area contributed by atoms with Crippen LogP contribution in [0.3, 0.4) is 0 Å². The standard InChI is InChI=1S/C16H23N5/c1-14(13-21-10-2-7-18-21)19-15-5-11-20(12-6-15)16-3-8-17-9-4-16/h2-4,7-10,14-15,19H,5-6,11-13H2,1H3. The van der Waals surface area contributed by atoms with Gasteiger partial charge in [0, 0.05) is 55.6 Å². The van der Waals surface area contributed by atoms with Gasteiger partial charge in [-0.05, 0) is 38.0 Å². The topological polar surface area (TPSA) is 46.0 Å². The molecule has 0 bridgehead atoms. The van der Waals surface area contributed by atoms with Gasteiger partial charge in [-0.3, -0.25) is 9.67 Å². The number of hydrogen-bond acceptors (Lipinski definition) is 4. The maximum absolute atomic E-state index is 4.26. The van der Waals surface area contributed by atoms with E-state index in [1.165, 1.54) is 18.5 Å². The van der Waals surface area contributed by atoms with Crippen LogP contribution in [-0.4, -0.2) is 39.9 Å². The molecule has 1 saturated heterocycles. The van der Waals surface area contributed by atoms with Gasteiger partial charge >= 0.3 is 0 Å². The molecule has 0 radical (unpaired) electrons. The Bertz CT molecular complexity index is 517. The highest BCUT2D eigenvalue weighted by molar-refractivity contribution is 5.44. The number of hydrogen-bond donors (Lipinski definition) is 1. The average molecular weight is 285 g/mol. The Morgan fingerprint density at radius 1 is 1.24 bits per heavy atom. The third-order valence-corrected chi connectivity index (χ3v) is 4.06. The molecule has 1 atom stereocenters. The molecular formula is C16H23N5. The molecule has 0 aliphatic carbocycles. The van der Waals surface area contributed by atoms with Crippen LogP contribution in [0.2, 0.25) is 0 Å². The molecule has 0 amide bonds. The Hall–Kier alpha value is -1.88. The third-order valence-electron chi connectivity index (χ3n) is 4.06. The van der Waals surface area contributed by atoms with E-state index in [4.69, 9.17) is 0 Å². The van der Waals surface area contributed by atoms with Crippen molar-refractivity contribution in [2.45, 2.75) is 38.4 Å². The molecule has 1 aliphatic rings. The second-order valence-electron chi connectivity index (χ2n) is 5.76. The summed E-state index contributed by atoms with van der Waals surface area (Å²) in [5.41, 5.74) is 1.29. The molecule has 2 aromatic rings. The maximum Gasteiger partial charge on any atom is 0.0560 e. The van der Waals surface area contributed by atoms with Crippen molar-refractivity contribution >= 4 is 5.69 Å². The summed E-state index contributed by atoms with van der Waals surface area (Å²) in [6.07, 6.45) is 9.96. The van der Waals surface area contributed by atoms with Gasteiger partial charge < -0.3 is 10.2 Å². The van der Waals surface area contributed by atoms with E-state index < -0.39 is 0 Å². The minimum absolute atomic E-state index is 0.447. The van der Waals surface area contributed by atoms with E-state index in [0.717, 1.165) is 19.6 Å². The van der Waals surface area contributed by atoms with Crippen LogP contribution >= 0.6 is 0 Å². The van der Waals surface area contributed by atoms with Crippen molar-refractivity contribution in [2.24, 2.45) is 0 Å². The summed E-state index contributed by atoms with van der Waals surface area (Å²) in [6.45, 7) is 5.38. The minimum atomic E-state index is 0.447. The molecule has 0 spiro atoms. The Labute approximate surface area is 126 Å². The van der Waals surface area contributed by atoms with Crippen molar-refractivity contribution in [2.75, 3.05) is 18.0 Å². The van der Waals surface area contributed by atoms with Crippen molar-refractivity contribution in [3.63, 3.8) is 0 Å². The predicted molar refractivity (Wildman–Crippen MR) is 84.3 cm³/mol. The zero-order valence-corrected chi connectivity index (χ0v) is 12.5. The first kappa shape index (κ1) is 14.1. The van der Waals surface area contributed by atoms with Crippen LogP contribution in [0.4, 0.5) is 5.69 Å². The van der Waals surface area contributed by atoms with Crippen molar-refractivity contribution < 1.29 is 0 Å². The number of piperidine rings is 1. The zero-order chi connectivity index (χ0) is 14.5. The van der Waals surface area contributed by atoms with Crippen molar-refractivity contribution in [3.05, 3.63) is 43.0 Å². The van der Waals surface area contributed by atoms with Gasteiger partial charge in [-0.25, -0.2) is 0 Å². The number of aromatic nitrogens is 3. The van der Waals surface area contributed by atoms with E-state index in [0.29, 0.717) is 12.1 Å². The summed E-state index contributed by atoms with van der Waals surface area (Å²) in [6, 6.07) is 7.21. The van der Waals surface area contributed by atoms with Crippen LogP contribution in [0.1, 0.15) is 19.8 Å². The highest BCUT2D eigenvalue weighted by atomic mass is 15.3. The smallest absolute Gasteiger partial charge is 0.0560 e. The van der Waals surface area contributed by atoms with Crippen molar-refractivity contribution in [1.82, 2.24) is 20.1 Å². The largest absolute Gasteiger partial charge is 0.371 e. The van der Waals surface area contributed by atoms with Gasteiger partial charge in [0.05, 0.1) is 6.54 Å². The Kier molecular flexibility index (Phi) is 4.50. The molecule has 1 N–H and O–H groups in total. The molecule has 1 aliphatic heterocycles. The molecule has 3 rings (SSSR count). The van der Waals surface area contributed by atoms with E-state index >= 15 is 0 Å². The average Bonchev–Trinajstić information content (AvgIpc) is 3.02. The molecule has 112 valence electrons. The molecule has 3 heterocycles. The second-order valence-corrected chi connectivity index (χ2v) is 5.76. The first-order valence-electron chi connectivity index (χ1n) is 7.70. The first-order chi connectivity index (χ1) is 10.3. The summed E-state index contributed by atoms with van der Waals surface area (Å²) in [4.78, 5) is 6.53. The van der Waals surface area contributed by atoms with E-state index in [2.05, 4.69) is 39.4 Å². The van der Waals surface area contributed by atoms with Gasteiger partial charge in [0.25, 0.3) is 0 Å². The van der Waals surface area contributed by atoms with E-state index in [9.17, 15) is 0 Å². The number of pyridine rings is 1. The van der Waals surface area contributed by atoms with Crippen molar-refractivity contribution in [1.29, 1.82) is 0 Å². The molecule has 1 fully saturated rings. The van der Waals surface area contributed by atoms with Gasteiger partial charge in [-0.1, -0.05) is 0 Å². The van der Waals surface area contributed by atoms with Crippen molar-refractivity contribution in [3.8, 4) is 0 Å². The lowest BCUT2D eigenvalue weighted by Gasteiger charge is -2.35. The summed E-state index contributed by atoms with van der Waals surface area (Å²) in [5, 5.41) is 7.99. The fraction of sp³-hybridized carbons (Fsp3) is 0.500. The van der Waals surface area contributed by atoms with E-state index in [1.807, 2.05) is 35.5 Å². The summed E-state index contributed by atoms with van der Waals surface area (Å²) < 4.78 is 1.99. The quantitative estimate of drug-likeness (QED) is 0.912. The van der Waals surface area contributed by atoms with Gasteiger partial charge in [0.1, 0.15) is 0 Å². The normalized spacial score (nSPS) is 17.9. The monoisotopic (exact) mass is 285 g/mol. The number of rotatable bonds is 5.